The Morgan fingerprint density at radius 3 is 2.32 bits per heavy atom. The molecule has 0 radical (unpaired) electrons. The number of halogens is 4. The van der Waals surface area contributed by atoms with E-state index in [1.54, 1.807) is 0 Å². The zero-order chi connectivity index (χ0) is 14.0. The minimum atomic E-state index is -4.43. The van der Waals surface area contributed by atoms with Gasteiger partial charge in [0.05, 0.1) is 11.6 Å². The van der Waals surface area contributed by atoms with Gasteiger partial charge in [0, 0.05) is 22.4 Å². The Balaban J connectivity index is 2.42. The molecule has 1 unspecified atom stereocenters. The molecule has 19 heavy (non-hydrogen) atoms. The molecule has 1 heterocycles. The number of aromatic nitrogens is 2. The number of hydrogen-bond acceptors (Lipinski definition) is 3. The topological polar surface area (TPSA) is 51.8 Å². The first-order valence-corrected chi connectivity index (χ1v) is 6.06. The van der Waals surface area contributed by atoms with Crippen molar-refractivity contribution in [2.24, 2.45) is 5.73 Å². The molecule has 1 atom stereocenters. The van der Waals surface area contributed by atoms with E-state index >= 15 is 0 Å². The van der Waals surface area contributed by atoms with Crippen LogP contribution in [-0.2, 0) is 6.18 Å². The number of benzene rings is 1. The van der Waals surface area contributed by atoms with Crippen LogP contribution < -0.4 is 5.73 Å². The summed E-state index contributed by atoms with van der Waals surface area (Å²) in [5.41, 5.74) is 6.07. The molecule has 1 aromatic heterocycles. The first-order valence-electron chi connectivity index (χ1n) is 5.26. The van der Waals surface area contributed by atoms with Crippen LogP contribution in [0.5, 0.6) is 0 Å². The molecule has 0 aliphatic heterocycles. The third-order valence-corrected chi connectivity index (χ3v) is 3.29. The predicted octanol–water partition coefficient (Wildman–Crippen LogP) is 3.31. The molecule has 0 saturated carbocycles. The molecule has 100 valence electrons. The lowest BCUT2D eigenvalue weighted by Crippen LogP contribution is -2.14. The van der Waals surface area contributed by atoms with Gasteiger partial charge in [-0.3, -0.25) is 0 Å². The Kier molecular flexibility index (Phi) is 3.86. The van der Waals surface area contributed by atoms with Gasteiger partial charge in [0.25, 0.3) is 0 Å². The normalized spacial score (nSPS) is 13.3. The molecule has 3 nitrogen and oxygen atoms in total. The summed E-state index contributed by atoms with van der Waals surface area (Å²) in [6.45, 7) is 0. The van der Waals surface area contributed by atoms with Gasteiger partial charge in [0.2, 0.25) is 0 Å². The quantitative estimate of drug-likeness (QED) is 0.918. The van der Waals surface area contributed by atoms with Crippen molar-refractivity contribution in [1.82, 2.24) is 9.97 Å². The Morgan fingerprint density at radius 1 is 1.11 bits per heavy atom. The number of alkyl halides is 3. The van der Waals surface area contributed by atoms with Gasteiger partial charge in [-0.1, -0.05) is 22.0 Å². The van der Waals surface area contributed by atoms with E-state index in [1.807, 2.05) is 0 Å². The first kappa shape index (κ1) is 14.0. The largest absolute Gasteiger partial charge is 0.417 e. The van der Waals surface area contributed by atoms with Crippen LogP contribution in [0.25, 0.3) is 0 Å². The maximum Gasteiger partial charge on any atom is 0.417 e. The average Bonchev–Trinajstić information content (AvgIpc) is 2.38. The molecule has 0 aliphatic rings. The Labute approximate surface area is 115 Å². The standard InChI is InChI=1S/C12H9BrF3N3/c13-10-2-1-7(3-9(10)12(14,15)16)11(17)8-4-18-6-19-5-8/h1-6,11H,17H2. The lowest BCUT2D eigenvalue weighted by atomic mass is 10.00. The molecule has 1 aromatic carbocycles. The summed E-state index contributed by atoms with van der Waals surface area (Å²) in [5, 5.41) is 0. The van der Waals surface area contributed by atoms with Crippen LogP contribution in [-0.4, -0.2) is 9.97 Å². The van der Waals surface area contributed by atoms with Gasteiger partial charge < -0.3 is 5.73 Å². The van der Waals surface area contributed by atoms with Crippen LogP contribution in [0.1, 0.15) is 22.7 Å². The fourth-order valence-corrected chi connectivity index (χ4v) is 2.09. The van der Waals surface area contributed by atoms with Gasteiger partial charge in [-0.15, -0.1) is 0 Å². The monoisotopic (exact) mass is 331 g/mol. The molecule has 2 rings (SSSR count). The van der Waals surface area contributed by atoms with Crippen LogP contribution in [0.4, 0.5) is 13.2 Å². The van der Waals surface area contributed by atoms with Gasteiger partial charge in [0.15, 0.2) is 0 Å². The summed E-state index contributed by atoms with van der Waals surface area (Å²) in [7, 11) is 0. The molecule has 2 aromatic rings. The van der Waals surface area contributed by atoms with E-state index in [1.165, 1.54) is 30.9 Å². The Hall–Kier alpha value is -1.47. The van der Waals surface area contributed by atoms with Gasteiger partial charge in [0.1, 0.15) is 6.33 Å². The van der Waals surface area contributed by atoms with Crippen LogP contribution in [0, 0.1) is 0 Å². The Bertz CT molecular complexity index is 572. The van der Waals surface area contributed by atoms with Gasteiger partial charge in [-0.25, -0.2) is 9.97 Å². The second kappa shape index (κ2) is 5.26. The third kappa shape index (κ3) is 3.10. The van der Waals surface area contributed by atoms with E-state index in [9.17, 15) is 13.2 Å². The van der Waals surface area contributed by atoms with Crippen LogP contribution >= 0.6 is 15.9 Å². The number of nitrogens with zero attached hydrogens (tertiary/aromatic N) is 2. The molecule has 0 amide bonds. The molecular formula is C12H9BrF3N3. The summed E-state index contributed by atoms with van der Waals surface area (Å²) in [4.78, 5) is 7.59. The molecule has 2 N–H and O–H groups in total. The molecule has 0 aliphatic carbocycles. The number of nitrogens with two attached hydrogens (primary N) is 1. The number of rotatable bonds is 2. The fraction of sp³-hybridized carbons (Fsp3) is 0.167. The van der Waals surface area contributed by atoms with Crippen LogP contribution in [0.3, 0.4) is 0 Å². The summed E-state index contributed by atoms with van der Waals surface area (Å²) in [6.07, 6.45) is -0.138. The van der Waals surface area contributed by atoms with Crippen molar-refractivity contribution in [2.75, 3.05) is 0 Å². The Morgan fingerprint density at radius 2 is 1.74 bits per heavy atom. The highest BCUT2D eigenvalue weighted by Crippen LogP contribution is 2.36. The fourth-order valence-electron chi connectivity index (χ4n) is 1.62. The molecule has 0 fully saturated rings. The second-order valence-electron chi connectivity index (χ2n) is 3.89. The van der Waals surface area contributed by atoms with E-state index in [4.69, 9.17) is 5.73 Å². The molecule has 0 bridgehead atoms. The average molecular weight is 332 g/mol. The SMILES string of the molecule is NC(c1cncnc1)c1ccc(Br)c(C(F)(F)F)c1. The smallest absolute Gasteiger partial charge is 0.320 e. The number of hydrogen-bond donors (Lipinski definition) is 1. The van der Waals surface area contributed by atoms with E-state index < -0.39 is 17.8 Å². The van der Waals surface area contributed by atoms with E-state index in [0.29, 0.717) is 11.1 Å². The minimum absolute atomic E-state index is 0.0136. The maximum absolute atomic E-state index is 12.8. The molecule has 0 spiro atoms. The van der Waals surface area contributed by atoms with E-state index in [0.717, 1.165) is 6.07 Å². The van der Waals surface area contributed by atoms with Crippen molar-refractivity contribution in [3.05, 3.63) is 58.1 Å². The summed E-state index contributed by atoms with van der Waals surface area (Å²) >= 11 is 2.89. The van der Waals surface area contributed by atoms with Crippen molar-refractivity contribution in [3.63, 3.8) is 0 Å². The van der Waals surface area contributed by atoms with Crippen LogP contribution in [0.2, 0.25) is 0 Å². The zero-order valence-electron chi connectivity index (χ0n) is 9.53. The summed E-state index contributed by atoms with van der Waals surface area (Å²) < 4.78 is 38.4. The maximum atomic E-state index is 12.8. The highest BCUT2D eigenvalue weighted by atomic mass is 79.9. The van der Waals surface area contributed by atoms with Gasteiger partial charge in [-0.05, 0) is 17.7 Å². The zero-order valence-corrected chi connectivity index (χ0v) is 11.1. The highest BCUT2D eigenvalue weighted by Gasteiger charge is 2.33. The van der Waals surface area contributed by atoms with Crippen LogP contribution in [0.15, 0.2) is 41.4 Å². The predicted molar refractivity (Wildman–Crippen MR) is 67.2 cm³/mol. The lowest BCUT2D eigenvalue weighted by Gasteiger charge is -2.15. The first-order chi connectivity index (χ1) is 8.89. The van der Waals surface area contributed by atoms with Crippen molar-refractivity contribution in [3.8, 4) is 0 Å². The van der Waals surface area contributed by atoms with E-state index in [-0.39, 0.29) is 4.47 Å². The third-order valence-electron chi connectivity index (χ3n) is 2.59. The lowest BCUT2D eigenvalue weighted by molar-refractivity contribution is -0.138. The van der Waals surface area contributed by atoms with Gasteiger partial charge >= 0.3 is 6.18 Å². The minimum Gasteiger partial charge on any atom is -0.320 e. The summed E-state index contributed by atoms with van der Waals surface area (Å²) in [5.74, 6) is 0. The van der Waals surface area contributed by atoms with Gasteiger partial charge in [-0.2, -0.15) is 13.2 Å². The molecule has 7 heteroatoms. The second-order valence-corrected chi connectivity index (χ2v) is 4.74. The van der Waals surface area contributed by atoms with Crippen molar-refractivity contribution in [1.29, 1.82) is 0 Å². The van der Waals surface area contributed by atoms with Crippen molar-refractivity contribution in [2.45, 2.75) is 12.2 Å². The van der Waals surface area contributed by atoms with Crippen molar-refractivity contribution < 1.29 is 13.2 Å². The molecule has 0 saturated heterocycles. The van der Waals surface area contributed by atoms with Crippen molar-refractivity contribution >= 4 is 15.9 Å². The molecular weight excluding hydrogens is 323 g/mol. The highest BCUT2D eigenvalue weighted by molar-refractivity contribution is 9.10. The van der Waals surface area contributed by atoms with E-state index in [2.05, 4.69) is 25.9 Å². The summed E-state index contributed by atoms with van der Waals surface area (Å²) in [6, 6.07) is 3.20.